The van der Waals surface area contributed by atoms with E-state index in [0.29, 0.717) is 12.3 Å². The molecule has 3 N–H and O–H groups in total. The Balaban J connectivity index is 2.13. The average molecular weight is 246 g/mol. The van der Waals surface area contributed by atoms with E-state index in [9.17, 15) is 4.79 Å². The van der Waals surface area contributed by atoms with Gasteiger partial charge in [0.05, 0.1) is 0 Å². The minimum atomic E-state index is -0.195. The van der Waals surface area contributed by atoms with Crippen LogP contribution in [0.1, 0.15) is 24.4 Å². The van der Waals surface area contributed by atoms with E-state index < -0.39 is 0 Å². The molecule has 2 rings (SSSR count). The summed E-state index contributed by atoms with van der Waals surface area (Å²) in [5, 5.41) is 3.83. The molecule has 1 aromatic heterocycles. The summed E-state index contributed by atoms with van der Waals surface area (Å²) in [6, 6.07) is 9.34. The molecule has 2 unspecified atom stereocenters. The van der Waals surface area contributed by atoms with Gasteiger partial charge in [-0.2, -0.15) is 0 Å². The van der Waals surface area contributed by atoms with Crippen molar-refractivity contribution >= 4 is 16.9 Å². The number of amides is 1. The van der Waals surface area contributed by atoms with Crippen LogP contribution in [0.2, 0.25) is 0 Å². The van der Waals surface area contributed by atoms with Gasteiger partial charge in [-0.25, -0.2) is 0 Å². The zero-order valence-electron chi connectivity index (χ0n) is 10.6. The zero-order valence-corrected chi connectivity index (χ0v) is 10.6. The third kappa shape index (κ3) is 2.54. The van der Waals surface area contributed by atoms with Crippen LogP contribution in [-0.4, -0.2) is 18.5 Å². The van der Waals surface area contributed by atoms with E-state index >= 15 is 0 Å². The second-order valence-corrected chi connectivity index (χ2v) is 4.62. The Hall–Kier alpha value is -1.81. The molecule has 1 aromatic carbocycles. The summed E-state index contributed by atoms with van der Waals surface area (Å²) < 4.78 is 5.50. The first kappa shape index (κ1) is 12.6. The molecule has 4 nitrogen and oxygen atoms in total. The molecule has 0 fully saturated rings. The minimum absolute atomic E-state index is 0.0238. The van der Waals surface area contributed by atoms with Gasteiger partial charge in [0.2, 0.25) is 0 Å². The lowest BCUT2D eigenvalue weighted by Gasteiger charge is -2.18. The van der Waals surface area contributed by atoms with Crippen LogP contribution in [0.5, 0.6) is 0 Å². The molecule has 0 aliphatic heterocycles. The molecular weight excluding hydrogens is 228 g/mol. The maximum atomic E-state index is 12.0. The predicted molar refractivity (Wildman–Crippen MR) is 71.4 cm³/mol. The van der Waals surface area contributed by atoms with Gasteiger partial charge in [-0.3, -0.25) is 4.79 Å². The zero-order chi connectivity index (χ0) is 13.1. The highest BCUT2D eigenvalue weighted by Gasteiger charge is 2.17. The summed E-state index contributed by atoms with van der Waals surface area (Å²) in [6.45, 7) is 4.49. The molecule has 0 radical (unpaired) electrons. The van der Waals surface area contributed by atoms with Crippen molar-refractivity contribution in [2.45, 2.75) is 19.9 Å². The highest BCUT2D eigenvalue weighted by Crippen LogP contribution is 2.18. The average Bonchev–Trinajstić information content (AvgIpc) is 2.81. The van der Waals surface area contributed by atoms with Crippen LogP contribution in [0.4, 0.5) is 0 Å². The highest BCUT2D eigenvalue weighted by molar-refractivity contribution is 5.96. The summed E-state index contributed by atoms with van der Waals surface area (Å²) in [6.07, 6.45) is 0. The topological polar surface area (TPSA) is 68.3 Å². The van der Waals surface area contributed by atoms with Gasteiger partial charge in [0.25, 0.3) is 5.91 Å². The van der Waals surface area contributed by atoms with Crippen molar-refractivity contribution in [1.82, 2.24) is 5.32 Å². The number of carbonyl (C=O) groups excluding carboxylic acids is 1. The Morgan fingerprint density at radius 2 is 2.11 bits per heavy atom. The number of hydrogen-bond acceptors (Lipinski definition) is 3. The summed E-state index contributed by atoms with van der Waals surface area (Å²) in [7, 11) is 0. The van der Waals surface area contributed by atoms with Crippen LogP contribution in [0, 0.1) is 5.92 Å². The van der Waals surface area contributed by atoms with Crippen LogP contribution in [0.15, 0.2) is 34.7 Å². The van der Waals surface area contributed by atoms with Crippen LogP contribution in [-0.2, 0) is 0 Å². The lowest BCUT2D eigenvalue weighted by Crippen LogP contribution is -2.39. The number of rotatable bonds is 4. The Bertz CT molecular complexity index is 514. The van der Waals surface area contributed by atoms with E-state index in [1.165, 1.54) is 0 Å². The minimum Gasteiger partial charge on any atom is -0.451 e. The lowest BCUT2D eigenvalue weighted by atomic mass is 10.0. The first-order valence-corrected chi connectivity index (χ1v) is 6.11. The van der Waals surface area contributed by atoms with Crippen LogP contribution in [0.3, 0.4) is 0 Å². The second-order valence-electron chi connectivity index (χ2n) is 4.62. The highest BCUT2D eigenvalue weighted by atomic mass is 16.3. The van der Waals surface area contributed by atoms with Crippen LogP contribution >= 0.6 is 0 Å². The van der Waals surface area contributed by atoms with Gasteiger partial charge in [0.15, 0.2) is 5.76 Å². The van der Waals surface area contributed by atoms with E-state index in [-0.39, 0.29) is 17.9 Å². The molecule has 1 heterocycles. The van der Waals surface area contributed by atoms with E-state index in [4.69, 9.17) is 10.2 Å². The fraction of sp³-hybridized carbons (Fsp3) is 0.357. The molecule has 0 spiro atoms. The monoisotopic (exact) mass is 246 g/mol. The van der Waals surface area contributed by atoms with Crippen molar-refractivity contribution < 1.29 is 9.21 Å². The quantitative estimate of drug-likeness (QED) is 0.868. The van der Waals surface area contributed by atoms with Crippen LogP contribution < -0.4 is 11.1 Å². The SMILES string of the molecule is CC(CN)C(C)NC(=O)c1cc2ccccc2o1. The smallest absolute Gasteiger partial charge is 0.287 e. The Kier molecular flexibility index (Phi) is 3.67. The van der Waals surface area contributed by atoms with Crippen molar-refractivity contribution in [3.63, 3.8) is 0 Å². The number of para-hydroxylation sites is 1. The molecule has 0 saturated carbocycles. The van der Waals surface area contributed by atoms with Crippen molar-refractivity contribution in [3.05, 3.63) is 36.1 Å². The van der Waals surface area contributed by atoms with E-state index in [1.807, 2.05) is 38.1 Å². The molecule has 2 aromatic rings. The second kappa shape index (κ2) is 5.23. The summed E-state index contributed by atoms with van der Waals surface area (Å²) in [4.78, 5) is 12.0. The fourth-order valence-electron chi connectivity index (χ4n) is 1.72. The normalized spacial score (nSPS) is 14.4. The summed E-state index contributed by atoms with van der Waals surface area (Å²) in [5.41, 5.74) is 6.30. The molecule has 4 heteroatoms. The van der Waals surface area contributed by atoms with Crippen LogP contribution in [0.25, 0.3) is 11.0 Å². The molecule has 0 aliphatic rings. The van der Waals surface area contributed by atoms with Gasteiger partial charge in [-0.05, 0) is 31.5 Å². The molecule has 1 amide bonds. The van der Waals surface area contributed by atoms with Gasteiger partial charge in [-0.1, -0.05) is 25.1 Å². The first-order chi connectivity index (χ1) is 8.61. The largest absolute Gasteiger partial charge is 0.451 e. The van der Waals surface area contributed by atoms with Gasteiger partial charge in [0.1, 0.15) is 5.58 Å². The third-order valence-corrected chi connectivity index (χ3v) is 3.23. The van der Waals surface area contributed by atoms with Gasteiger partial charge < -0.3 is 15.5 Å². The Morgan fingerprint density at radius 3 is 2.78 bits per heavy atom. The molecule has 2 atom stereocenters. The third-order valence-electron chi connectivity index (χ3n) is 3.23. The summed E-state index contributed by atoms with van der Waals surface area (Å²) >= 11 is 0. The van der Waals surface area contributed by atoms with E-state index in [1.54, 1.807) is 6.07 Å². The number of nitrogens with one attached hydrogen (secondary N) is 1. The fourth-order valence-corrected chi connectivity index (χ4v) is 1.72. The van der Waals surface area contributed by atoms with Crippen molar-refractivity contribution in [2.24, 2.45) is 11.7 Å². The molecule has 18 heavy (non-hydrogen) atoms. The predicted octanol–water partition coefficient (Wildman–Crippen LogP) is 2.15. The maximum Gasteiger partial charge on any atom is 0.287 e. The number of nitrogens with two attached hydrogens (primary N) is 1. The Morgan fingerprint density at radius 1 is 1.39 bits per heavy atom. The van der Waals surface area contributed by atoms with Gasteiger partial charge >= 0.3 is 0 Å². The molecule has 96 valence electrons. The molecule has 0 bridgehead atoms. The standard InChI is InChI=1S/C14H18N2O2/c1-9(8-15)10(2)16-14(17)13-7-11-5-3-4-6-12(11)18-13/h3-7,9-10H,8,15H2,1-2H3,(H,16,17). The number of hydrogen-bond donors (Lipinski definition) is 2. The molecule has 0 aliphatic carbocycles. The number of fused-ring (bicyclic) bond motifs is 1. The van der Waals surface area contributed by atoms with E-state index in [0.717, 1.165) is 11.0 Å². The van der Waals surface area contributed by atoms with Crippen molar-refractivity contribution in [1.29, 1.82) is 0 Å². The Labute approximate surface area is 106 Å². The number of benzene rings is 1. The summed E-state index contributed by atoms with van der Waals surface area (Å²) in [5.74, 6) is 0.379. The first-order valence-electron chi connectivity index (χ1n) is 6.11. The van der Waals surface area contributed by atoms with E-state index in [2.05, 4.69) is 5.32 Å². The lowest BCUT2D eigenvalue weighted by molar-refractivity contribution is 0.0903. The van der Waals surface area contributed by atoms with Crippen molar-refractivity contribution in [2.75, 3.05) is 6.54 Å². The molecular formula is C14H18N2O2. The van der Waals surface area contributed by atoms with Crippen molar-refractivity contribution in [3.8, 4) is 0 Å². The number of furan rings is 1. The van der Waals surface area contributed by atoms with Gasteiger partial charge in [0, 0.05) is 11.4 Å². The van der Waals surface area contributed by atoms with Gasteiger partial charge in [-0.15, -0.1) is 0 Å². The number of carbonyl (C=O) groups is 1. The maximum absolute atomic E-state index is 12.0. The molecule has 0 saturated heterocycles.